The highest BCUT2D eigenvalue weighted by molar-refractivity contribution is 4.92. The summed E-state index contributed by atoms with van der Waals surface area (Å²) in [5, 5.41) is 0. The zero-order chi connectivity index (χ0) is 19.4. The third-order valence-electron chi connectivity index (χ3n) is 5.81. The number of hydrogen-bond donors (Lipinski definition) is 0. The second-order valence-corrected chi connectivity index (χ2v) is 8.44. The maximum atomic E-state index is 4.60. The van der Waals surface area contributed by atoms with Crippen molar-refractivity contribution in [2.24, 2.45) is 0 Å². The van der Waals surface area contributed by atoms with Crippen molar-refractivity contribution in [1.29, 1.82) is 0 Å². The van der Waals surface area contributed by atoms with Gasteiger partial charge in [0.25, 0.3) is 0 Å². The zero-order valence-electron chi connectivity index (χ0n) is 18.7. The van der Waals surface area contributed by atoms with Gasteiger partial charge in [0.15, 0.2) is 0 Å². The minimum atomic E-state index is 1.17. The van der Waals surface area contributed by atoms with Crippen LogP contribution in [-0.4, -0.2) is 9.55 Å². The molecule has 0 saturated carbocycles. The summed E-state index contributed by atoms with van der Waals surface area (Å²) < 4.78 is 2.41. The summed E-state index contributed by atoms with van der Waals surface area (Å²) in [6.45, 7) is 5.75. The van der Waals surface area contributed by atoms with Crippen LogP contribution in [0.1, 0.15) is 135 Å². The number of nitrogens with zero attached hydrogens (tertiary/aromatic N) is 2. The fraction of sp³-hybridized carbons (Fsp3) is 0.880. The van der Waals surface area contributed by atoms with E-state index in [-0.39, 0.29) is 0 Å². The number of unbranched alkanes of at least 4 members (excludes halogenated alkanes) is 16. The first-order chi connectivity index (χ1) is 13.4. The Hall–Kier alpha value is -0.790. The largest absolute Gasteiger partial charge is 0.335 e. The van der Waals surface area contributed by atoms with E-state index in [0.717, 1.165) is 0 Å². The van der Waals surface area contributed by atoms with E-state index < -0.39 is 0 Å². The second kappa shape index (κ2) is 18.6. The molecule has 0 fully saturated rings. The summed E-state index contributed by atoms with van der Waals surface area (Å²) in [5.41, 5.74) is 0. The minimum Gasteiger partial charge on any atom is -0.335 e. The molecule has 0 saturated heterocycles. The van der Waals surface area contributed by atoms with Crippen LogP contribution < -0.4 is 0 Å². The number of aryl methyl sites for hydroxylation is 2. The van der Waals surface area contributed by atoms with Crippen molar-refractivity contribution in [3.05, 3.63) is 18.2 Å². The van der Waals surface area contributed by atoms with E-state index in [1.165, 1.54) is 134 Å². The van der Waals surface area contributed by atoms with Crippen LogP contribution in [0.2, 0.25) is 0 Å². The summed E-state index contributed by atoms with van der Waals surface area (Å²) in [6, 6.07) is 0. The van der Waals surface area contributed by atoms with Crippen molar-refractivity contribution < 1.29 is 0 Å². The molecule has 1 heterocycles. The maximum Gasteiger partial charge on any atom is 0.108 e. The van der Waals surface area contributed by atoms with Crippen molar-refractivity contribution in [2.45, 2.75) is 142 Å². The van der Waals surface area contributed by atoms with Gasteiger partial charge in [-0.3, -0.25) is 0 Å². The number of aromatic nitrogens is 2. The predicted octanol–water partition coefficient (Wildman–Crippen LogP) is 8.49. The molecule has 0 atom stereocenters. The van der Waals surface area contributed by atoms with Gasteiger partial charge in [0.1, 0.15) is 5.82 Å². The van der Waals surface area contributed by atoms with E-state index in [4.69, 9.17) is 0 Å². The molecular weight excluding hydrogens is 328 g/mol. The molecule has 27 heavy (non-hydrogen) atoms. The lowest BCUT2D eigenvalue weighted by atomic mass is 10.1. The van der Waals surface area contributed by atoms with Crippen molar-refractivity contribution in [1.82, 2.24) is 9.55 Å². The molecule has 158 valence electrons. The highest BCUT2D eigenvalue weighted by atomic mass is 15.1. The fourth-order valence-electron chi connectivity index (χ4n) is 3.96. The molecule has 2 heteroatoms. The van der Waals surface area contributed by atoms with Crippen LogP contribution in [0.25, 0.3) is 0 Å². The molecule has 1 aromatic heterocycles. The highest BCUT2D eigenvalue weighted by Gasteiger charge is 2.03. The Bertz CT molecular complexity index is 410. The van der Waals surface area contributed by atoms with E-state index in [2.05, 4.69) is 29.6 Å². The van der Waals surface area contributed by atoms with Crippen LogP contribution in [0.4, 0.5) is 0 Å². The first-order valence-corrected chi connectivity index (χ1v) is 12.4. The highest BCUT2D eigenvalue weighted by Crippen LogP contribution is 2.13. The molecule has 0 aliphatic rings. The molecular formula is C25H48N2. The SMILES string of the molecule is CCCCCCCCCCCCc1nccn1CCCCCCCCCC. The van der Waals surface area contributed by atoms with Gasteiger partial charge >= 0.3 is 0 Å². The predicted molar refractivity (Wildman–Crippen MR) is 120 cm³/mol. The van der Waals surface area contributed by atoms with Crippen LogP contribution in [0.3, 0.4) is 0 Å². The Labute approximate surface area is 170 Å². The van der Waals surface area contributed by atoms with Crippen molar-refractivity contribution in [3.8, 4) is 0 Å². The normalized spacial score (nSPS) is 11.3. The molecule has 0 N–H and O–H groups in total. The van der Waals surface area contributed by atoms with Gasteiger partial charge in [0.2, 0.25) is 0 Å². The van der Waals surface area contributed by atoms with Gasteiger partial charge in [-0.05, 0) is 12.8 Å². The first kappa shape index (κ1) is 24.2. The zero-order valence-corrected chi connectivity index (χ0v) is 18.7. The lowest BCUT2D eigenvalue weighted by Gasteiger charge is -2.08. The van der Waals surface area contributed by atoms with E-state index >= 15 is 0 Å². The van der Waals surface area contributed by atoms with Gasteiger partial charge in [-0.15, -0.1) is 0 Å². The smallest absolute Gasteiger partial charge is 0.108 e. The Morgan fingerprint density at radius 1 is 0.593 bits per heavy atom. The molecule has 0 aliphatic heterocycles. The topological polar surface area (TPSA) is 17.8 Å². The molecule has 0 amide bonds. The van der Waals surface area contributed by atoms with E-state index in [1.807, 2.05) is 6.20 Å². The Morgan fingerprint density at radius 2 is 1.04 bits per heavy atom. The van der Waals surface area contributed by atoms with Crippen LogP contribution in [0.15, 0.2) is 12.4 Å². The lowest BCUT2D eigenvalue weighted by Crippen LogP contribution is -2.03. The van der Waals surface area contributed by atoms with Crippen molar-refractivity contribution in [2.75, 3.05) is 0 Å². The number of hydrogen-bond acceptors (Lipinski definition) is 1. The van der Waals surface area contributed by atoms with Gasteiger partial charge in [-0.2, -0.15) is 0 Å². The van der Waals surface area contributed by atoms with Crippen molar-refractivity contribution in [3.63, 3.8) is 0 Å². The van der Waals surface area contributed by atoms with Gasteiger partial charge in [-0.25, -0.2) is 4.98 Å². The van der Waals surface area contributed by atoms with E-state index in [0.29, 0.717) is 0 Å². The Kier molecular flexibility index (Phi) is 16.7. The number of imidazole rings is 1. The summed E-state index contributed by atoms with van der Waals surface area (Å²) >= 11 is 0. The molecule has 0 spiro atoms. The maximum absolute atomic E-state index is 4.60. The third-order valence-corrected chi connectivity index (χ3v) is 5.81. The third kappa shape index (κ3) is 13.9. The first-order valence-electron chi connectivity index (χ1n) is 12.4. The summed E-state index contributed by atoms with van der Waals surface area (Å²) in [6.07, 6.45) is 30.6. The number of rotatable bonds is 20. The average molecular weight is 377 g/mol. The average Bonchev–Trinajstić information content (AvgIpc) is 3.12. The molecule has 0 unspecified atom stereocenters. The molecule has 0 aliphatic carbocycles. The summed E-state index contributed by atoms with van der Waals surface area (Å²) in [7, 11) is 0. The van der Waals surface area contributed by atoms with Crippen LogP contribution >= 0.6 is 0 Å². The fourth-order valence-corrected chi connectivity index (χ4v) is 3.96. The Balaban J connectivity index is 1.96. The monoisotopic (exact) mass is 376 g/mol. The van der Waals surface area contributed by atoms with Crippen LogP contribution in [-0.2, 0) is 13.0 Å². The summed E-state index contributed by atoms with van der Waals surface area (Å²) in [5.74, 6) is 1.32. The van der Waals surface area contributed by atoms with Gasteiger partial charge in [-0.1, -0.05) is 117 Å². The molecule has 1 rings (SSSR count). The van der Waals surface area contributed by atoms with Crippen LogP contribution in [0.5, 0.6) is 0 Å². The van der Waals surface area contributed by atoms with Gasteiger partial charge in [0, 0.05) is 25.4 Å². The van der Waals surface area contributed by atoms with Gasteiger partial charge in [0.05, 0.1) is 0 Å². The van der Waals surface area contributed by atoms with E-state index in [9.17, 15) is 0 Å². The minimum absolute atomic E-state index is 1.17. The summed E-state index contributed by atoms with van der Waals surface area (Å²) in [4.78, 5) is 4.60. The molecule has 0 radical (unpaired) electrons. The molecule has 0 bridgehead atoms. The van der Waals surface area contributed by atoms with Crippen molar-refractivity contribution >= 4 is 0 Å². The van der Waals surface area contributed by atoms with Crippen LogP contribution in [0, 0.1) is 0 Å². The quantitative estimate of drug-likeness (QED) is 0.209. The molecule has 1 aromatic rings. The second-order valence-electron chi connectivity index (χ2n) is 8.44. The lowest BCUT2D eigenvalue weighted by molar-refractivity contribution is 0.525. The molecule has 0 aromatic carbocycles. The molecule has 2 nitrogen and oxygen atoms in total. The Morgan fingerprint density at radius 3 is 1.56 bits per heavy atom. The standard InChI is InChI=1S/C25H48N2/c1-3-5-7-9-11-13-14-15-17-19-21-25-26-22-24-27(25)23-20-18-16-12-10-8-6-4-2/h22,24H,3-21,23H2,1-2H3. The van der Waals surface area contributed by atoms with Gasteiger partial charge < -0.3 is 4.57 Å². The van der Waals surface area contributed by atoms with E-state index in [1.54, 1.807) is 0 Å².